The van der Waals surface area contributed by atoms with Gasteiger partial charge in [0.1, 0.15) is 23.6 Å². The zero-order chi connectivity index (χ0) is 18.6. The molecule has 7 heteroatoms. The van der Waals surface area contributed by atoms with Crippen LogP contribution in [-0.2, 0) is 9.53 Å². The molecule has 140 valence electrons. The smallest absolute Gasteiger partial charge is 0.252 e. The number of nitriles is 1. The average molecular weight is 365 g/mol. The molecule has 2 saturated heterocycles. The van der Waals surface area contributed by atoms with Crippen LogP contribution in [0.5, 0.6) is 0 Å². The van der Waals surface area contributed by atoms with Crippen LogP contribution in [0.3, 0.4) is 0 Å². The van der Waals surface area contributed by atoms with Gasteiger partial charge in [-0.25, -0.2) is 4.98 Å². The van der Waals surface area contributed by atoms with Crippen LogP contribution in [-0.4, -0.2) is 51.6 Å². The first kappa shape index (κ1) is 17.7. The summed E-state index contributed by atoms with van der Waals surface area (Å²) in [5.74, 6) is 0.0242. The van der Waals surface area contributed by atoms with E-state index in [0.717, 1.165) is 50.7 Å². The maximum atomic E-state index is 13.5. The standard InChI is InChI=1S/C20H23N5O2/c21-12-18(25-14-23-16-13-22-7-4-17(16)25)19(15-5-10-27-11-6-15)20(26)24-8-2-1-3-9-24/h4,7,13-15H,1-3,5-6,8-11H2/b19-18+. The highest BCUT2D eigenvalue weighted by Gasteiger charge is 2.32. The number of fused-ring (bicyclic) bond motifs is 1. The Labute approximate surface area is 158 Å². The summed E-state index contributed by atoms with van der Waals surface area (Å²) < 4.78 is 7.23. The Hall–Kier alpha value is -2.72. The molecule has 4 rings (SSSR count). The third kappa shape index (κ3) is 3.45. The SMILES string of the molecule is N#C/C(=C(\C(=O)N1CCCCC1)C1CCOCC1)n1cnc2cnccc21. The lowest BCUT2D eigenvalue weighted by atomic mass is 9.88. The van der Waals surface area contributed by atoms with Gasteiger partial charge in [0, 0.05) is 32.5 Å². The van der Waals surface area contributed by atoms with Crippen LogP contribution in [0.15, 0.2) is 30.4 Å². The van der Waals surface area contributed by atoms with Crippen molar-refractivity contribution in [3.63, 3.8) is 0 Å². The highest BCUT2D eigenvalue weighted by molar-refractivity contribution is 6.02. The van der Waals surface area contributed by atoms with Crippen molar-refractivity contribution in [1.82, 2.24) is 19.4 Å². The predicted octanol–water partition coefficient (Wildman–Crippen LogP) is 2.61. The molecular weight excluding hydrogens is 342 g/mol. The third-order valence-electron chi connectivity index (χ3n) is 5.45. The van der Waals surface area contributed by atoms with Crippen LogP contribution in [0.2, 0.25) is 0 Å². The fourth-order valence-electron chi connectivity index (χ4n) is 4.01. The zero-order valence-corrected chi connectivity index (χ0v) is 15.3. The molecule has 2 aromatic rings. The van der Waals surface area contributed by atoms with Crippen LogP contribution >= 0.6 is 0 Å². The van der Waals surface area contributed by atoms with E-state index in [1.165, 1.54) is 0 Å². The number of likely N-dealkylation sites (tertiary alicyclic amines) is 1. The van der Waals surface area contributed by atoms with E-state index in [1.807, 2.05) is 11.0 Å². The second kappa shape index (κ2) is 7.89. The van der Waals surface area contributed by atoms with Crippen molar-refractivity contribution in [1.29, 1.82) is 5.26 Å². The molecule has 7 nitrogen and oxygen atoms in total. The lowest BCUT2D eigenvalue weighted by Crippen LogP contribution is -2.39. The maximum Gasteiger partial charge on any atom is 0.252 e. The number of allylic oxidation sites excluding steroid dienone is 1. The molecule has 0 atom stereocenters. The van der Waals surface area contributed by atoms with Gasteiger partial charge in [0.15, 0.2) is 0 Å². The number of hydrogen-bond donors (Lipinski definition) is 0. The van der Waals surface area contributed by atoms with Crippen molar-refractivity contribution >= 4 is 22.6 Å². The van der Waals surface area contributed by atoms with Crippen LogP contribution in [0, 0.1) is 17.2 Å². The van der Waals surface area contributed by atoms with Gasteiger partial charge in [0.2, 0.25) is 0 Å². The van der Waals surface area contributed by atoms with E-state index >= 15 is 0 Å². The molecule has 0 bridgehead atoms. The van der Waals surface area contributed by atoms with Crippen molar-refractivity contribution in [3.05, 3.63) is 30.4 Å². The number of carbonyl (C=O) groups excluding carboxylic acids is 1. The van der Waals surface area contributed by atoms with Gasteiger partial charge >= 0.3 is 0 Å². The van der Waals surface area contributed by atoms with Crippen molar-refractivity contribution < 1.29 is 9.53 Å². The Morgan fingerprint density at radius 3 is 2.74 bits per heavy atom. The van der Waals surface area contributed by atoms with Crippen LogP contribution in [0.1, 0.15) is 32.1 Å². The zero-order valence-electron chi connectivity index (χ0n) is 15.3. The molecule has 1 amide bonds. The summed E-state index contributed by atoms with van der Waals surface area (Å²) in [6, 6.07) is 4.13. The highest BCUT2D eigenvalue weighted by Crippen LogP contribution is 2.31. The molecule has 0 aliphatic carbocycles. The first-order valence-electron chi connectivity index (χ1n) is 9.58. The largest absolute Gasteiger partial charge is 0.381 e. The van der Waals surface area contributed by atoms with Crippen LogP contribution < -0.4 is 0 Å². The second-order valence-corrected chi connectivity index (χ2v) is 7.09. The van der Waals surface area contributed by atoms with Crippen LogP contribution in [0.4, 0.5) is 0 Å². The van der Waals surface area contributed by atoms with Gasteiger partial charge in [-0.3, -0.25) is 14.3 Å². The number of aromatic nitrogens is 3. The van der Waals surface area contributed by atoms with Gasteiger partial charge in [0.25, 0.3) is 5.91 Å². The Balaban J connectivity index is 1.83. The molecule has 2 aromatic heterocycles. The third-order valence-corrected chi connectivity index (χ3v) is 5.45. The Morgan fingerprint density at radius 2 is 2.00 bits per heavy atom. The Bertz CT molecular complexity index is 898. The molecule has 0 unspecified atom stereocenters. The number of pyridine rings is 1. The van der Waals surface area contributed by atoms with Gasteiger partial charge in [-0.15, -0.1) is 0 Å². The first-order valence-corrected chi connectivity index (χ1v) is 9.58. The summed E-state index contributed by atoms with van der Waals surface area (Å²) in [4.78, 5) is 23.8. The van der Waals surface area contributed by atoms with Gasteiger partial charge in [0.05, 0.1) is 17.3 Å². The number of piperidine rings is 1. The van der Waals surface area contributed by atoms with Crippen molar-refractivity contribution in [2.45, 2.75) is 32.1 Å². The van der Waals surface area contributed by atoms with E-state index < -0.39 is 0 Å². The maximum absolute atomic E-state index is 13.5. The molecule has 0 saturated carbocycles. The van der Waals surface area contributed by atoms with Crippen molar-refractivity contribution in [2.24, 2.45) is 5.92 Å². The van der Waals surface area contributed by atoms with Crippen LogP contribution in [0.25, 0.3) is 16.7 Å². The van der Waals surface area contributed by atoms with Gasteiger partial charge in [-0.2, -0.15) is 5.26 Å². The van der Waals surface area contributed by atoms with E-state index in [2.05, 4.69) is 16.0 Å². The number of imidazole rings is 1. The predicted molar refractivity (Wildman–Crippen MR) is 100 cm³/mol. The van der Waals surface area contributed by atoms with E-state index in [4.69, 9.17) is 4.74 Å². The Morgan fingerprint density at radius 1 is 1.22 bits per heavy atom. The number of hydrogen-bond acceptors (Lipinski definition) is 5. The normalized spacial score (nSPS) is 19.6. The quantitative estimate of drug-likeness (QED) is 0.617. The number of carbonyl (C=O) groups is 1. The minimum Gasteiger partial charge on any atom is -0.381 e. The summed E-state index contributed by atoms with van der Waals surface area (Å²) >= 11 is 0. The number of rotatable bonds is 3. The molecule has 2 fully saturated rings. The van der Waals surface area contributed by atoms with E-state index in [1.54, 1.807) is 23.3 Å². The molecule has 0 spiro atoms. The van der Waals surface area contributed by atoms with E-state index in [-0.39, 0.29) is 11.8 Å². The molecule has 0 aromatic carbocycles. The summed E-state index contributed by atoms with van der Waals surface area (Å²) in [6.07, 6.45) is 9.68. The molecule has 2 aliphatic heterocycles. The van der Waals surface area contributed by atoms with Gasteiger partial charge in [-0.05, 0) is 44.1 Å². The number of amides is 1. The van der Waals surface area contributed by atoms with E-state index in [9.17, 15) is 10.1 Å². The van der Waals surface area contributed by atoms with Crippen molar-refractivity contribution in [3.8, 4) is 6.07 Å². The molecule has 0 radical (unpaired) electrons. The Kier molecular flexibility index (Phi) is 5.16. The fourth-order valence-corrected chi connectivity index (χ4v) is 4.01. The summed E-state index contributed by atoms with van der Waals surface area (Å²) in [6.45, 7) is 2.77. The lowest BCUT2D eigenvalue weighted by Gasteiger charge is -2.32. The number of nitrogens with zero attached hydrogens (tertiary/aromatic N) is 5. The molecule has 2 aliphatic rings. The fraction of sp³-hybridized carbons (Fsp3) is 0.500. The lowest BCUT2D eigenvalue weighted by molar-refractivity contribution is -0.128. The summed E-state index contributed by atoms with van der Waals surface area (Å²) in [5, 5.41) is 10.0. The van der Waals surface area contributed by atoms with Gasteiger partial charge in [-0.1, -0.05) is 0 Å². The highest BCUT2D eigenvalue weighted by atomic mass is 16.5. The monoisotopic (exact) mass is 365 g/mol. The second-order valence-electron chi connectivity index (χ2n) is 7.09. The molecule has 0 N–H and O–H groups in total. The molecular formula is C20H23N5O2. The summed E-state index contributed by atoms with van der Waals surface area (Å²) in [7, 11) is 0. The molecule has 27 heavy (non-hydrogen) atoms. The van der Waals surface area contributed by atoms with Gasteiger partial charge < -0.3 is 9.64 Å². The minimum atomic E-state index is -0.00550. The minimum absolute atomic E-state index is 0.00550. The molecule has 4 heterocycles. The van der Waals surface area contributed by atoms with Crippen molar-refractivity contribution in [2.75, 3.05) is 26.3 Å². The number of ether oxygens (including phenoxy) is 1. The topological polar surface area (TPSA) is 84.0 Å². The van der Waals surface area contributed by atoms with E-state index in [0.29, 0.717) is 30.0 Å². The summed E-state index contributed by atoms with van der Waals surface area (Å²) in [5.41, 5.74) is 2.49. The first-order chi connectivity index (χ1) is 13.3. The average Bonchev–Trinajstić information content (AvgIpc) is 3.16.